The van der Waals surface area contributed by atoms with Crippen molar-refractivity contribution in [1.29, 1.82) is 0 Å². The minimum Gasteiger partial charge on any atom is -0.491 e. The molecular weight excluding hydrogens is 295 g/mol. The molecule has 1 atom stereocenters. The van der Waals surface area contributed by atoms with E-state index in [1.807, 2.05) is 24.3 Å². The summed E-state index contributed by atoms with van der Waals surface area (Å²) in [6, 6.07) is 8.26. The lowest BCUT2D eigenvalue weighted by atomic mass is 9.99. The third kappa shape index (κ3) is 5.13. The highest BCUT2D eigenvalue weighted by Crippen LogP contribution is 2.23. The van der Waals surface area contributed by atoms with Crippen LogP contribution in [0.25, 0.3) is 0 Å². The molecule has 0 saturated carbocycles. The summed E-state index contributed by atoms with van der Waals surface area (Å²) in [7, 11) is 0. The van der Waals surface area contributed by atoms with E-state index in [1.165, 1.54) is 19.3 Å². The number of benzene rings is 1. The van der Waals surface area contributed by atoms with Crippen molar-refractivity contribution in [1.82, 2.24) is 4.90 Å². The second-order valence-corrected chi connectivity index (χ2v) is 5.45. The molecule has 1 aromatic carbocycles. The summed E-state index contributed by atoms with van der Waals surface area (Å²) in [4.78, 5) is 2.51. The number of hydrogen-bond donors (Lipinski definition) is 1. The van der Waals surface area contributed by atoms with Gasteiger partial charge in [-0.15, -0.1) is 12.4 Å². The van der Waals surface area contributed by atoms with E-state index < -0.39 is 0 Å². The van der Waals surface area contributed by atoms with Gasteiger partial charge in [0.1, 0.15) is 12.4 Å². The maximum atomic E-state index is 6.07. The SMILES string of the molecule is Cl.NCCC1CCCCN1CCOc1ccccc1Cl. The molecule has 1 aromatic rings. The highest BCUT2D eigenvalue weighted by atomic mass is 35.5. The van der Waals surface area contributed by atoms with Crippen LogP contribution in [0.4, 0.5) is 0 Å². The molecule has 5 heteroatoms. The van der Waals surface area contributed by atoms with Crippen LogP contribution in [0.1, 0.15) is 25.7 Å². The fourth-order valence-electron chi connectivity index (χ4n) is 2.71. The molecule has 1 heterocycles. The van der Waals surface area contributed by atoms with Gasteiger partial charge in [0.05, 0.1) is 5.02 Å². The summed E-state index contributed by atoms with van der Waals surface area (Å²) >= 11 is 6.07. The van der Waals surface area contributed by atoms with Gasteiger partial charge in [-0.05, 0) is 44.5 Å². The number of rotatable bonds is 6. The molecule has 1 aliphatic heterocycles. The highest BCUT2D eigenvalue weighted by molar-refractivity contribution is 6.32. The minimum absolute atomic E-state index is 0. The molecule has 2 rings (SSSR count). The zero-order chi connectivity index (χ0) is 13.5. The first-order valence-electron chi connectivity index (χ1n) is 7.12. The van der Waals surface area contributed by atoms with Crippen molar-refractivity contribution in [2.24, 2.45) is 5.73 Å². The number of nitrogens with zero attached hydrogens (tertiary/aromatic N) is 1. The largest absolute Gasteiger partial charge is 0.491 e. The van der Waals surface area contributed by atoms with Gasteiger partial charge >= 0.3 is 0 Å². The Bertz CT molecular complexity index is 388. The molecule has 114 valence electrons. The van der Waals surface area contributed by atoms with Gasteiger partial charge in [-0.3, -0.25) is 4.90 Å². The van der Waals surface area contributed by atoms with Gasteiger partial charge in [0.25, 0.3) is 0 Å². The van der Waals surface area contributed by atoms with E-state index in [1.54, 1.807) is 0 Å². The Kier molecular flexibility index (Phi) is 8.31. The van der Waals surface area contributed by atoms with Crippen LogP contribution < -0.4 is 10.5 Å². The van der Waals surface area contributed by atoms with Crippen molar-refractivity contribution >= 4 is 24.0 Å². The fraction of sp³-hybridized carbons (Fsp3) is 0.600. The molecule has 0 radical (unpaired) electrons. The number of hydrogen-bond acceptors (Lipinski definition) is 3. The summed E-state index contributed by atoms with van der Waals surface area (Å²) < 4.78 is 5.76. The van der Waals surface area contributed by atoms with Crippen LogP contribution in [0, 0.1) is 0 Å². The Morgan fingerprint density at radius 3 is 2.85 bits per heavy atom. The molecule has 0 spiro atoms. The number of nitrogens with two attached hydrogens (primary N) is 1. The zero-order valence-corrected chi connectivity index (χ0v) is 13.3. The fourth-order valence-corrected chi connectivity index (χ4v) is 2.90. The molecule has 0 aliphatic carbocycles. The van der Waals surface area contributed by atoms with Gasteiger partial charge < -0.3 is 10.5 Å². The summed E-state index contributed by atoms with van der Waals surface area (Å²) in [6.07, 6.45) is 4.97. The van der Waals surface area contributed by atoms with Crippen LogP contribution in [0.2, 0.25) is 5.02 Å². The molecule has 1 saturated heterocycles. The van der Waals surface area contributed by atoms with Gasteiger partial charge in [0.15, 0.2) is 0 Å². The monoisotopic (exact) mass is 318 g/mol. The molecule has 0 bridgehead atoms. The van der Waals surface area contributed by atoms with Crippen LogP contribution in [0.15, 0.2) is 24.3 Å². The van der Waals surface area contributed by atoms with E-state index in [0.717, 1.165) is 31.8 Å². The summed E-state index contributed by atoms with van der Waals surface area (Å²) in [5, 5.41) is 0.680. The Morgan fingerprint density at radius 2 is 2.10 bits per heavy atom. The van der Waals surface area contributed by atoms with Crippen molar-refractivity contribution < 1.29 is 4.74 Å². The summed E-state index contributed by atoms with van der Waals surface area (Å²) in [5.41, 5.74) is 5.69. The van der Waals surface area contributed by atoms with Crippen molar-refractivity contribution in [2.45, 2.75) is 31.7 Å². The summed E-state index contributed by atoms with van der Waals surface area (Å²) in [5.74, 6) is 0.775. The molecule has 0 aromatic heterocycles. The lowest BCUT2D eigenvalue weighted by molar-refractivity contribution is 0.118. The third-order valence-electron chi connectivity index (χ3n) is 3.72. The van der Waals surface area contributed by atoms with Crippen LogP contribution in [0.3, 0.4) is 0 Å². The second-order valence-electron chi connectivity index (χ2n) is 5.04. The molecule has 3 nitrogen and oxygen atoms in total. The average Bonchev–Trinajstić information content (AvgIpc) is 2.43. The Labute approximate surface area is 132 Å². The van der Waals surface area contributed by atoms with Crippen LogP contribution in [0.5, 0.6) is 5.75 Å². The first-order chi connectivity index (χ1) is 9.31. The topological polar surface area (TPSA) is 38.5 Å². The first-order valence-corrected chi connectivity index (χ1v) is 7.50. The highest BCUT2D eigenvalue weighted by Gasteiger charge is 2.21. The molecular formula is C15H24Cl2N2O. The van der Waals surface area contributed by atoms with Crippen molar-refractivity contribution in [2.75, 3.05) is 26.2 Å². The van der Waals surface area contributed by atoms with E-state index in [9.17, 15) is 0 Å². The Hall–Kier alpha value is -0.480. The Balaban J connectivity index is 0.00000200. The maximum Gasteiger partial charge on any atom is 0.137 e. The number of likely N-dealkylation sites (tertiary alicyclic amines) is 1. The standard InChI is InChI=1S/C15H23ClN2O.ClH/c16-14-6-1-2-7-15(14)19-12-11-18-10-4-3-5-13(18)8-9-17;/h1-2,6-7,13H,3-5,8-12,17H2;1H. The third-order valence-corrected chi connectivity index (χ3v) is 4.03. The number of halogens is 2. The summed E-state index contributed by atoms with van der Waals surface area (Å²) in [6.45, 7) is 3.57. The van der Waals surface area contributed by atoms with E-state index in [0.29, 0.717) is 17.7 Å². The van der Waals surface area contributed by atoms with E-state index in [4.69, 9.17) is 22.1 Å². The number of ether oxygens (including phenoxy) is 1. The lowest BCUT2D eigenvalue weighted by Crippen LogP contribution is -2.42. The van der Waals surface area contributed by atoms with E-state index in [2.05, 4.69) is 4.90 Å². The minimum atomic E-state index is 0. The van der Waals surface area contributed by atoms with Gasteiger partial charge in [-0.1, -0.05) is 30.2 Å². The van der Waals surface area contributed by atoms with Crippen molar-refractivity contribution in [3.8, 4) is 5.75 Å². The molecule has 1 fully saturated rings. The maximum absolute atomic E-state index is 6.07. The van der Waals surface area contributed by atoms with Crippen LogP contribution in [-0.2, 0) is 0 Å². The predicted octanol–water partition coefficient (Wildman–Crippen LogP) is 3.34. The van der Waals surface area contributed by atoms with Crippen molar-refractivity contribution in [3.05, 3.63) is 29.3 Å². The Morgan fingerprint density at radius 1 is 1.30 bits per heavy atom. The second kappa shape index (κ2) is 9.46. The molecule has 1 unspecified atom stereocenters. The molecule has 1 aliphatic rings. The molecule has 20 heavy (non-hydrogen) atoms. The zero-order valence-electron chi connectivity index (χ0n) is 11.8. The first kappa shape index (κ1) is 17.6. The molecule has 2 N–H and O–H groups in total. The van der Waals surface area contributed by atoms with Crippen LogP contribution >= 0.6 is 24.0 Å². The number of piperidine rings is 1. The quantitative estimate of drug-likeness (QED) is 0.874. The molecule has 0 amide bonds. The van der Waals surface area contributed by atoms with Gasteiger partial charge in [-0.25, -0.2) is 0 Å². The number of para-hydroxylation sites is 1. The lowest BCUT2D eigenvalue weighted by Gasteiger charge is -2.35. The average molecular weight is 319 g/mol. The normalized spacial score (nSPS) is 19.4. The smallest absolute Gasteiger partial charge is 0.137 e. The predicted molar refractivity (Wildman–Crippen MR) is 87.1 cm³/mol. The van der Waals surface area contributed by atoms with Crippen LogP contribution in [-0.4, -0.2) is 37.2 Å². The van der Waals surface area contributed by atoms with Gasteiger partial charge in [0.2, 0.25) is 0 Å². The van der Waals surface area contributed by atoms with Gasteiger partial charge in [0, 0.05) is 12.6 Å². The van der Waals surface area contributed by atoms with Crippen molar-refractivity contribution in [3.63, 3.8) is 0 Å². The van der Waals surface area contributed by atoms with E-state index in [-0.39, 0.29) is 12.4 Å². The van der Waals surface area contributed by atoms with E-state index >= 15 is 0 Å². The van der Waals surface area contributed by atoms with Gasteiger partial charge in [-0.2, -0.15) is 0 Å².